The maximum atomic E-state index is 13.5. The van der Waals surface area contributed by atoms with E-state index >= 15 is 0 Å². The molecule has 3 amide bonds. The smallest absolute Gasteiger partial charge is 0.328 e. The van der Waals surface area contributed by atoms with Crippen molar-refractivity contribution >= 4 is 29.9 Å². The Morgan fingerprint density at radius 2 is 1.90 bits per heavy atom. The van der Waals surface area contributed by atoms with Crippen LogP contribution in [0.5, 0.6) is 0 Å². The maximum Gasteiger partial charge on any atom is 0.328 e. The summed E-state index contributed by atoms with van der Waals surface area (Å²) >= 11 is 0. The van der Waals surface area contributed by atoms with Crippen LogP contribution in [-0.4, -0.2) is 81.9 Å². The van der Waals surface area contributed by atoms with Gasteiger partial charge >= 0.3 is 6.03 Å². The quantitative estimate of drug-likeness (QED) is 0.504. The molecular formula is C31H37N7O4. The Morgan fingerprint density at radius 1 is 1.14 bits per heavy atom. The Hall–Kier alpha value is -3.88. The number of pyridine rings is 2. The number of aliphatic hydroxyl groups is 1. The van der Waals surface area contributed by atoms with E-state index in [4.69, 9.17) is 0 Å². The molecule has 0 unspecified atom stereocenters. The van der Waals surface area contributed by atoms with Crippen LogP contribution in [0.3, 0.4) is 0 Å². The third-order valence-electron chi connectivity index (χ3n) is 9.77. The molecule has 2 aromatic rings. The highest BCUT2D eigenvalue weighted by Crippen LogP contribution is 2.54. The first kappa shape index (κ1) is 28.2. The van der Waals surface area contributed by atoms with Crippen molar-refractivity contribution in [2.75, 3.05) is 43.4 Å². The predicted octanol–water partition coefficient (Wildman–Crippen LogP) is 3.05. The SMILES string of the molecule is CN1CCN(Cc2cc3c(nc2C=O)N(C(=O)Nc2cc(CC45CCC(O)(CC4)CC5)c(C#N)cn2)CCC3)C(=O)C1. The molecule has 220 valence electrons. The van der Waals surface area contributed by atoms with Gasteiger partial charge in [-0.1, -0.05) is 0 Å². The van der Waals surface area contributed by atoms with Crippen LogP contribution in [0.25, 0.3) is 0 Å². The van der Waals surface area contributed by atoms with Gasteiger partial charge in [-0.05, 0) is 93.5 Å². The molecule has 3 aliphatic carbocycles. The second kappa shape index (κ2) is 11.1. The Kier molecular flexibility index (Phi) is 7.45. The van der Waals surface area contributed by atoms with Gasteiger partial charge in [0.15, 0.2) is 6.29 Å². The summed E-state index contributed by atoms with van der Waals surface area (Å²) in [6.45, 7) is 2.45. The van der Waals surface area contributed by atoms with Gasteiger partial charge in [-0.2, -0.15) is 5.26 Å². The number of aldehydes is 1. The van der Waals surface area contributed by atoms with Gasteiger partial charge in [0.05, 0.1) is 17.7 Å². The minimum atomic E-state index is -0.525. The number of urea groups is 1. The zero-order valence-electron chi connectivity index (χ0n) is 24.1. The van der Waals surface area contributed by atoms with Crippen molar-refractivity contribution in [3.05, 3.63) is 46.3 Å². The van der Waals surface area contributed by atoms with Crippen LogP contribution < -0.4 is 10.2 Å². The zero-order valence-corrected chi connectivity index (χ0v) is 24.1. The van der Waals surface area contributed by atoms with Gasteiger partial charge < -0.3 is 10.0 Å². The van der Waals surface area contributed by atoms with E-state index in [1.807, 2.05) is 18.0 Å². The first-order chi connectivity index (χ1) is 20.2. The standard InChI is InChI=1S/C31H37N7O4/c1-36-11-12-37(27(40)19-36)18-23-13-21-3-2-10-38(28(21)34-25(23)20-39)29(41)35-26-14-22(24(16-32)17-33-26)15-30-4-7-31(42,8-5-30)9-6-30/h13-14,17,20,42H,2-12,15,18-19H2,1H3,(H,33,35,41). The van der Waals surface area contributed by atoms with Crippen molar-refractivity contribution in [2.45, 2.75) is 69.9 Å². The number of aryl methyl sites for hydroxylation is 1. The van der Waals surface area contributed by atoms with Gasteiger partial charge in [0.1, 0.15) is 23.4 Å². The fourth-order valence-electron chi connectivity index (χ4n) is 7.09. The number of amides is 3. The van der Waals surface area contributed by atoms with Crippen LogP contribution >= 0.6 is 0 Å². The number of anilines is 2. The molecule has 3 saturated carbocycles. The highest BCUT2D eigenvalue weighted by atomic mass is 16.3. The van der Waals surface area contributed by atoms with Gasteiger partial charge in [0.25, 0.3) is 0 Å². The summed E-state index contributed by atoms with van der Waals surface area (Å²) < 4.78 is 0. The zero-order chi connectivity index (χ0) is 29.5. The van der Waals surface area contributed by atoms with Crippen molar-refractivity contribution < 1.29 is 19.5 Å². The fourth-order valence-corrected chi connectivity index (χ4v) is 7.09. The van der Waals surface area contributed by atoms with Crippen molar-refractivity contribution in [1.82, 2.24) is 19.8 Å². The van der Waals surface area contributed by atoms with Crippen LogP contribution in [0, 0.1) is 16.7 Å². The average molecular weight is 572 g/mol. The Labute approximate surface area is 245 Å². The normalized spacial score (nSPS) is 25.6. The summed E-state index contributed by atoms with van der Waals surface area (Å²) in [5.41, 5.74) is 2.67. The lowest BCUT2D eigenvalue weighted by molar-refractivity contribution is -0.136. The van der Waals surface area contributed by atoms with Crippen LogP contribution in [0.4, 0.5) is 16.4 Å². The number of carbonyl (C=O) groups is 3. The molecule has 0 radical (unpaired) electrons. The molecule has 0 atom stereocenters. The molecule has 2 bridgehead atoms. The molecule has 11 nitrogen and oxygen atoms in total. The molecule has 4 heterocycles. The summed E-state index contributed by atoms with van der Waals surface area (Å²) in [5, 5.41) is 23.3. The number of aromatic nitrogens is 2. The summed E-state index contributed by atoms with van der Waals surface area (Å²) in [4.78, 5) is 52.3. The topological polar surface area (TPSA) is 143 Å². The van der Waals surface area contributed by atoms with Crippen LogP contribution in [0.2, 0.25) is 0 Å². The molecule has 2 N–H and O–H groups in total. The summed E-state index contributed by atoms with van der Waals surface area (Å²) in [6, 6.07) is 5.56. The van der Waals surface area contributed by atoms with E-state index in [2.05, 4.69) is 21.4 Å². The van der Waals surface area contributed by atoms with Gasteiger partial charge in [-0.15, -0.1) is 0 Å². The number of rotatable bonds is 6. The second-order valence-corrected chi connectivity index (χ2v) is 12.6. The van der Waals surface area contributed by atoms with Gasteiger partial charge in [0.2, 0.25) is 5.91 Å². The molecule has 7 rings (SSSR count). The maximum absolute atomic E-state index is 13.5. The largest absolute Gasteiger partial charge is 0.390 e. The second-order valence-electron chi connectivity index (χ2n) is 12.6. The molecule has 2 aliphatic heterocycles. The van der Waals surface area contributed by atoms with E-state index in [-0.39, 0.29) is 17.0 Å². The third-order valence-corrected chi connectivity index (χ3v) is 9.77. The van der Waals surface area contributed by atoms with Gasteiger partial charge in [-0.25, -0.2) is 14.8 Å². The molecule has 11 heteroatoms. The monoisotopic (exact) mass is 571 g/mol. The molecule has 42 heavy (non-hydrogen) atoms. The number of likely N-dealkylation sites (N-methyl/N-ethyl adjacent to an activating group) is 1. The van der Waals surface area contributed by atoms with E-state index < -0.39 is 11.6 Å². The van der Waals surface area contributed by atoms with Crippen molar-refractivity contribution in [3.8, 4) is 6.07 Å². The molecule has 1 saturated heterocycles. The summed E-state index contributed by atoms with van der Waals surface area (Å²) in [5.74, 6) is 0.821. The predicted molar refractivity (Wildman–Crippen MR) is 155 cm³/mol. The first-order valence-corrected chi connectivity index (χ1v) is 14.8. The van der Waals surface area contributed by atoms with Crippen LogP contribution in [-0.2, 0) is 24.2 Å². The molecule has 0 spiro atoms. The van der Waals surface area contributed by atoms with E-state index in [9.17, 15) is 24.8 Å². The van der Waals surface area contributed by atoms with Crippen molar-refractivity contribution in [2.24, 2.45) is 5.41 Å². The fraction of sp³-hybridized carbons (Fsp3) is 0.548. The number of nitrogens with one attached hydrogen (secondary N) is 1. The third kappa shape index (κ3) is 5.49. The molecule has 5 aliphatic rings. The average Bonchev–Trinajstić information content (AvgIpc) is 2.99. The van der Waals surface area contributed by atoms with Crippen LogP contribution in [0.15, 0.2) is 18.3 Å². The van der Waals surface area contributed by atoms with Crippen LogP contribution in [0.1, 0.15) is 77.7 Å². The minimum absolute atomic E-state index is 0.0155. The lowest BCUT2D eigenvalue weighted by Crippen LogP contribution is -2.48. The Morgan fingerprint density at radius 3 is 2.60 bits per heavy atom. The molecular weight excluding hydrogens is 534 g/mol. The lowest BCUT2D eigenvalue weighted by Gasteiger charge is -2.51. The Balaban J connectivity index is 1.20. The number of hydrogen-bond donors (Lipinski definition) is 2. The lowest BCUT2D eigenvalue weighted by atomic mass is 9.57. The van der Waals surface area contributed by atoms with E-state index in [0.29, 0.717) is 68.1 Å². The number of nitrogens with zero attached hydrogens (tertiary/aromatic N) is 6. The number of nitriles is 1. The molecule has 0 aromatic carbocycles. The van der Waals surface area contributed by atoms with E-state index in [1.165, 1.54) is 11.1 Å². The number of fused-ring (bicyclic) bond motifs is 4. The van der Waals surface area contributed by atoms with E-state index in [0.717, 1.165) is 62.6 Å². The number of piperazine rings is 1. The highest BCUT2D eigenvalue weighted by Gasteiger charge is 2.47. The van der Waals surface area contributed by atoms with Crippen molar-refractivity contribution in [1.29, 1.82) is 5.26 Å². The highest BCUT2D eigenvalue weighted by molar-refractivity contribution is 6.01. The van der Waals surface area contributed by atoms with Gasteiger partial charge in [0, 0.05) is 37.9 Å². The number of carbonyl (C=O) groups excluding carboxylic acids is 3. The summed E-state index contributed by atoms with van der Waals surface area (Å²) in [6.07, 6.45) is 9.53. The first-order valence-electron chi connectivity index (χ1n) is 14.8. The number of hydrogen-bond acceptors (Lipinski definition) is 8. The Bertz CT molecular complexity index is 1440. The minimum Gasteiger partial charge on any atom is -0.390 e. The van der Waals surface area contributed by atoms with Crippen molar-refractivity contribution in [3.63, 3.8) is 0 Å². The summed E-state index contributed by atoms with van der Waals surface area (Å²) in [7, 11) is 1.91. The molecule has 4 fully saturated rings. The van der Waals surface area contributed by atoms with Gasteiger partial charge in [-0.3, -0.25) is 24.7 Å². The van der Waals surface area contributed by atoms with E-state index in [1.54, 1.807) is 11.0 Å². The molecule has 2 aromatic heterocycles.